The Morgan fingerprint density at radius 1 is 0.846 bits per heavy atom. The molecule has 0 saturated carbocycles. The molecule has 128 valence electrons. The zero-order valence-corrected chi connectivity index (χ0v) is 14.3. The van der Waals surface area contributed by atoms with Crippen LogP contribution in [0.1, 0.15) is 11.1 Å². The summed E-state index contributed by atoms with van der Waals surface area (Å²) in [6, 6.07) is 25.5. The maximum atomic E-state index is 6.58. The normalized spacial score (nSPS) is 12.0. The topological polar surface area (TPSA) is 66.0 Å². The van der Waals surface area contributed by atoms with Gasteiger partial charge in [0.15, 0.2) is 0 Å². The molecule has 26 heavy (non-hydrogen) atoms. The van der Waals surface area contributed by atoms with E-state index in [1.807, 2.05) is 78.9 Å². The summed E-state index contributed by atoms with van der Waals surface area (Å²) in [6.07, 6.45) is 0. The number of hydrogen-bond acceptors (Lipinski definition) is 4. The molecule has 0 bridgehead atoms. The average molecular weight is 342 g/mol. The van der Waals surface area contributed by atoms with E-state index in [0.717, 1.165) is 33.6 Å². The molecule has 0 fully saturated rings. The van der Waals surface area contributed by atoms with Crippen molar-refractivity contribution in [2.75, 3.05) is 7.11 Å². The van der Waals surface area contributed by atoms with Crippen LogP contribution in [0, 0.1) is 0 Å². The van der Waals surface area contributed by atoms with Gasteiger partial charge in [0.1, 0.15) is 11.3 Å². The monoisotopic (exact) mass is 342 g/mol. The van der Waals surface area contributed by atoms with Crippen LogP contribution in [0.3, 0.4) is 0 Å². The summed E-state index contributed by atoms with van der Waals surface area (Å²) in [4.78, 5) is 0. The third-order valence-corrected chi connectivity index (χ3v) is 4.27. The number of rotatable bonds is 4. The van der Waals surface area contributed by atoms with Crippen molar-refractivity contribution in [3.8, 4) is 5.75 Å². The van der Waals surface area contributed by atoms with Gasteiger partial charge < -0.3 is 10.5 Å². The van der Waals surface area contributed by atoms with Crippen LogP contribution in [0.15, 0.2) is 78.9 Å². The van der Waals surface area contributed by atoms with Gasteiger partial charge in [-0.15, -0.1) is 5.10 Å². The lowest BCUT2D eigenvalue weighted by molar-refractivity contribution is 0.415. The summed E-state index contributed by atoms with van der Waals surface area (Å²) in [5.41, 5.74) is 11.6. The summed E-state index contributed by atoms with van der Waals surface area (Å²) in [5, 5.41) is 8.63. The lowest BCUT2D eigenvalue weighted by Crippen LogP contribution is -2.10. The number of fused-ring (bicyclic) bond motifs is 1. The molecule has 0 saturated heterocycles. The number of hydrogen-bond donors (Lipinski definition) is 1. The molecule has 0 unspecified atom stereocenters. The van der Waals surface area contributed by atoms with Crippen molar-refractivity contribution in [2.45, 2.75) is 0 Å². The largest absolute Gasteiger partial charge is 0.497 e. The number of methoxy groups -OCH3 is 1. The summed E-state index contributed by atoms with van der Waals surface area (Å²) in [5.74, 6) is 0.787. The van der Waals surface area contributed by atoms with Crippen molar-refractivity contribution in [3.05, 3.63) is 90.0 Å². The van der Waals surface area contributed by atoms with E-state index >= 15 is 0 Å². The van der Waals surface area contributed by atoms with E-state index < -0.39 is 0 Å². The Labute approximate surface area is 151 Å². The molecule has 1 aromatic heterocycles. The number of nitrogens with zero attached hydrogens (tertiary/aromatic N) is 3. The number of benzene rings is 3. The van der Waals surface area contributed by atoms with E-state index in [4.69, 9.17) is 10.5 Å². The minimum absolute atomic E-state index is 0.631. The first kappa shape index (κ1) is 15.9. The fourth-order valence-corrected chi connectivity index (χ4v) is 2.93. The quantitative estimate of drug-likeness (QED) is 0.573. The van der Waals surface area contributed by atoms with Crippen LogP contribution in [0.4, 0.5) is 0 Å². The van der Waals surface area contributed by atoms with Crippen molar-refractivity contribution in [2.24, 2.45) is 5.73 Å². The SMILES string of the molecule is COc1ccc(/C(=C(/N)c2ccccc2)n2nnc3ccccc32)cc1. The van der Waals surface area contributed by atoms with E-state index in [9.17, 15) is 0 Å². The molecular formula is C21H18N4O. The van der Waals surface area contributed by atoms with E-state index in [0.29, 0.717) is 5.70 Å². The van der Waals surface area contributed by atoms with Crippen LogP contribution in [-0.2, 0) is 0 Å². The molecule has 2 N–H and O–H groups in total. The second-order valence-corrected chi connectivity index (χ2v) is 5.85. The fourth-order valence-electron chi connectivity index (χ4n) is 2.93. The van der Waals surface area contributed by atoms with Crippen molar-refractivity contribution in [1.82, 2.24) is 15.0 Å². The lowest BCUT2D eigenvalue weighted by Gasteiger charge is -2.14. The Morgan fingerprint density at radius 3 is 2.27 bits per heavy atom. The molecule has 3 aromatic carbocycles. The minimum atomic E-state index is 0.631. The Hall–Kier alpha value is -3.60. The van der Waals surface area contributed by atoms with Gasteiger partial charge in [0.05, 0.1) is 24.0 Å². The van der Waals surface area contributed by atoms with E-state index in [1.165, 1.54) is 0 Å². The van der Waals surface area contributed by atoms with E-state index in [2.05, 4.69) is 10.3 Å². The molecule has 0 aliphatic rings. The fraction of sp³-hybridized carbons (Fsp3) is 0.0476. The molecule has 4 rings (SSSR count). The molecule has 0 amide bonds. The Bertz CT molecular complexity index is 1070. The standard InChI is InChI=1S/C21H18N4O/c1-26-17-13-11-16(12-14-17)21(20(22)15-7-3-2-4-8-15)25-19-10-6-5-9-18(19)23-24-25/h2-14H,22H2,1H3/b21-20-. The van der Waals surface area contributed by atoms with Crippen molar-refractivity contribution in [3.63, 3.8) is 0 Å². The van der Waals surface area contributed by atoms with Crippen LogP contribution < -0.4 is 10.5 Å². The zero-order valence-electron chi connectivity index (χ0n) is 14.3. The highest BCUT2D eigenvalue weighted by molar-refractivity contribution is 5.92. The molecule has 0 atom stereocenters. The maximum absolute atomic E-state index is 6.58. The predicted octanol–water partition coefficient (Wildman–Crippen LogP) is 3.77. The second kappa shape index (κ2) is 6.72. The highest BCUT2D eigenvalue weighted by Gasteiger charge is 2.16. The van der Waals surface area contributed by atoms with Crippen LogP contribution in [0.5, 0.6) is 5.75 Å². The van der Waals surface area contributed by atoms with Gasteiger partial charge in [-0.05, 0) is 42.0 Å². The zero-order chi connectivity index (χ0) is 17.9. The molecule has 0 radical (unpaired) electrons. The molecular weight excluding hydrogens is 324 g/mol. The first-order valence-electron chi connectivity index (χ1n) is 8.28. The minimum Gasteiger partial charge on any atom is -0.497 e. The average Bonchev–Trinajstić information content (AvgIpc) is 3.13. The Balaban J connectivity index is 1.98. The van der Waals surface area contributed by atoms with Crippen LogP contribution in [0.25, 0.3) is 22.4 Å². The number of para-hydroxylation sites is 1. The van der Waals surface area contributed by atoms with Gasteiger partial charge in [0, 0.05) is 5.56 Å². The number of ether oxygens (including phenoxy) is 1. The Kier molecular flexibility index (Phi) is 4.11. The molecule has 0 aliphatic carbocycles. The lowest BCUT2D eigenvalue weighted by atomic mass is 10.0. The van der Waals surface area contributed by atoms with Crippen molar-refractivity contribution >= 4 is 22.4 Å². The van der Waals surface area contributed by atoms with Gasteiger partial charge in [-0.25, -0.2) is 4.68 Å². The van der Waals surface area contributed by atoms with Crippen LogP contribution >= 0.6 is 0 Å². The predicted molar refractivity (Wildman–Crippen MR) is 103 cm³/mol. The summed E-state index contributed by atoms with van der Waals surface area (Å²) < 4.78 is 7.06. The first-order chi connectivity index (χ1) is 12.8. The van der Waals surface area contributed by atoms with Gasteiger partial charge in [-0.3, -0.25) is 0 Å². The summed E-state index contributed by atoms with van der Waals surface area (Å²) in [7, 11) is 1.65. The van der Waals surface area contributed by atoms with Crippen LogP contribution in [-0.4, -0.2) is 22.1 Å². The van der Waals surface area contributed by atoms with Gasteiger partial charge >= 0.3 is 0 Å². The van der Waals surface area contributed by atoms with Gasteiger partial charge in [-0.1, -0.05) is 47.7 Å². The molecule has 4 aromatic rings. The van der Waals surface area contributed by atoms with Crippen LogP contribution in [0.2, 0.25) is 0 Å². The first-order valence-corrected chi connectivity index (χ1v) is 8.28. The van der Waals surface area contributed by atoms with Crippen molar-refractivity contribution in [1.29, 1.82) is 0 Å². The third kappa shape index (κ3) is 2.80. The summed E-state index contributed by atoms with van der Waals surface area (Å²) >= 11 is 0. The summed E-state index contributed by atoms with van der Waals surface area (Å²) in [6.45, 7) is 0. The number of nitrogens with two attached hydrogens (primary N) is 1. The van der Waals surface area contributed by atoms with Gasteiger partial charge in [0.25, 0.3) is 0 Å². The maximum Gasteiger partial charge on any atom is 0.118 e. The Morgan fingerprint density at radius 2 is 1.54 bits per heavy atom. The van der Waals surface area contributed by atoms with Gasteiger partial charge in [0.2, 0.25) is 0 Å². The van der Waals surface area contributed by atoms with Gasteiger partial charge in [-0.2, -0.15) is 0 Å². The highest BCUT2D eigenvalue weighted by Crippen LogP contribution is 2.28. The smallest absolute Gasteiger partial charge is 0.118 e. The van der Waals surface area contributed by atoms with Crippen molar-refractivity contribution < 1.29 is 4.74 Å². The molecule has 0 aliphatic heterocycles. The molecule has 1 heterocycles. The number of aromatic nitrogens is 3. The van der Waals surface area contributed by atoms with E-state index in [1.54, 1.807) is 11.8 Å². The van der Waals surface area contributed by atoms with E-state index in [-0.39, 0.29) is 0 Å². The highest BCUT2D eigenvalue weighted by atomic mass is 16.5. The molecule has 5 nitrogen and oxygen atoms in total. The molecule has 0 spiro atoms. The second-order valence-electron chi connectivity index (χ2n) is 5.85. The molecule has 5 heteroatoms. The third-order valence-electron chi connectivity index (χ3n) is 4.27.